The number of carbonyl (C=O) groups is 2. The molecule has 0 aliphatic carbocycles. The molecule has 8 nitrogen and oxygen atoms in total. The van der Waals surface area contributed by atoms with Crippen LogP contribution in [0.25, 0.3) is 0 Å². The van der Waals surface area contributed by atoms with E-state index >= 15 is 0 Å². The lowest BCUT2D eigenvalue weighted by molar-refractivity contribution is -0.136. The lowest BCUT2D eigenvalue weighted by Gasteiger charge is -2.20. The minimum absolute atomic E-state index is 0.137. The van der Waals surface area contributed by atoms with Crippen molar-refractivity contribution in [3.63, 3.8) is 0 Å². The van der Waals surface area contributed by atoms with E-state index in [9.17, 15) is 18.0 Å². The molecule has 0 bridgehead atoms. The van der Waals surface area contributed by atoms with Crippen LogP contribution in [0.1, 0.15) is 0 Å². The second kappa shape index (κ2) is 5.67. The van der Waals surface area contributed by atoms with E-state index in [0.29, 0.717) is 0 Å². The highest BCUT2D eigenvalue weighted by atomic mass is 32.2. The van der Waals surface area contributed by atoms with Crippen LogP contribution in [0.4, 0.5) is 5.69 Å². The summed E-state index contributed by atoms with van der Waals surface area (Å²) in [6.07, 6.45) is 0. The van der Waals surface area contributed by atoms with Crippen molar-refractivity contribution in [1.29, 1.82) is 0 Å². The number of hydrogen-bond donors (Lipinski definition) is 3. The van der Waals surface area contributed by atoms with Crippen LogP contribution in [0.15, 0.2) is 29.2 Å². The second-order valence-corrected chi connectivity index (χ2v) is 5.24. The number of carboxylic acids is 2. The lowest BCUT2D eigenvalue weighted by Crippen LogP contribution is -2.34. The molecule has 1 aromatic carbocycles. The second-order valence-electron chi connectivity index (χ2n) is 3.68. The fourth-order valence-electron chi connectivity index (χ4n) is 1.41. The molecule has 0 saturated heterocycles. The minimum atomic E-state index is -3.84. The van der Waals surface area contributed by atoms with E-state index in [2.05, 4.69) is 0 Å². The number of hydrogen-bond acceptors (Lipinski definition) is 5. The molecule has 0 spiro atoms. The van der Waals surface area contributed by atoms with Crippen LogP contribution in [-0.2, 0) is 19.6 Å². The lowest BCUT2D eigenvalue weighted by atomic mass is 10.3. The highest BCUT2D eigenvalue weighted by Crippen LogP contribution is 2.17. The summed E-state index contributed by atoms with van der Waals surface area (Å²) in [7, 11) is -3.84. The Morgan fingerprint density at radius 3 is 1.79 bits per heavy atom. The van der Waals surface area contributed by atoms with Crippen molar-refractivity contribution in [2.45, 2.75) is 4.90 Å². The molecule has 0 heterocycles. The molecule has 0 radical (unpaired) electrons. The Bertz CT molecular complexity index is 565. The zero-order valence-electron chi connectivity index (χ0n) is 9.68. The molecule has 4 N–H and O–H groups in total. The average molecular weight is 288 g/mol. The molecule has 1 rings (SSSR count). The van der Waals surface area contributed by atoms with Crippen molar-refractivity contribution in [1.82, 2.24) is 0 Å². The Kier molecular flexibility index (Phi) is 4.46. The summed E-state index contributed by atoms with van der Waals surface area (Å²) in [5.41, 5.74) is 0.275. The first-order valence-electron chi connectivity index (χ1n) is 5.01. The van der Waals surface area contributed by atoms with Crippen molar-refractivity contribution in [3.8, 4) is 0 Å². The molecule has 0 amide bonds. The predicted octanol–water partition coefficient (Wildman–Crippen LogP) is -0.690. The summed E-state index contributed by atoms with van der Waals surface area (Å²) in [5.74, 6) is -2.39. The fourth-order valence-corrected chi connectivity index (χ4v) is 1.93. The number of aliphatic carboxylic acids is 2. The molecular formula is C10H12N2O6S. The maximum Gasteiger partial charge on any atom is 0.323 e. The molecule has 19 heavy (non-hydrogen) atoms. The summed E-state index contributed by atoms with van der Waals surface area (Å²) in [4.78, 5) is 22.2. The van der Waals surface area contributed by atoms with Crippen LogP contribution < -0.4 is 10.0 Å². The van der Waals surface area contributed by atoms with Gasteiger partial charge >= 0.3 is 11.9 Å². The van der Waals surface area contributed by atoms with Crippen LogP contribution >= 0.6 is 0 Å². The zero-order chi connectivity index (χ0) is 14.6. The van der Waals surface area contributed by atoms with Gasteiger partial charge in [-0.3, -0.25) is 9.59 Å². The monoisotopic (exact) mass is 288 g/mol. The largest absolute Gasteiger partial charge is 0.480 e. The fraction of sp³-hybridized carbons (Fsp3) is 0.200. The maximum atomic E-state index is 11.0. The van der Waals surface area contributed by atoms with Gasteiger partial charge in [-0.2, -0.15) is 0 Å². The summed E-state index contributed by atoms with van der Waals surface area (Å²) in [6, 6.07) is 4.96. The van der Waals surface area contributed by atoms with E-state index in [1.54, 1.807) is 0 Å². The van der Waals surface area contributed by atoms with Gasteiger partial charge in [-0.05, 0) is 24.3 Å². The number of nitrogens with zero attached hydrogens (tertiary/aromatic N) is 1. The zero-order valence-corrected chi connectivity index (χ0v) is 10.5. The van der Waals surface area contributed by atoms with E-state index in [1.807, 2.05) is 0 Å². The normalized spacial score (nSPS) is 11.0. The van der Waals surface area contributed by atoms with Gasteiger partial charge in [0.25, 0.3) is 0 Å². The van der Waals surface area contributed by atoms with Crippen molar-refractivity contribution in [2.24, 2.45) is 5.14 Å². The Labute approximate surface area is 109 Å². The molecule has 0 atom stereocenters. The van der Waals surface area contributed by atoms with Crippen molar-refractivity contribution < 1.29 is 28.2 Å². The van der Waals surface area contributed by atoms with Gasteiger partial charge in [-0.25, -0.2) is 13.6 Å². The molecule has 104 valence electrons. The average Bonchev–Trinajstić information content (AvgIpc) is 2.26. The Morgan fingerprint density at radius 2 is 1.47 bits per heavy atom. The van der Waals surface area contributed by atoms with Crippen LogP contribution in [0.2, 0.25) is 0 Å². The highest BCUT2D eigenvalue weighted by Gasteiger charge is 2.15. The van der Waals surface area contributed by atoms with Gasteiger partial charge in [0, 0.05) is 5.69 Å². The molecule has 1 aromatic rings. The van der Waals surface area contributed by atoms with Gasteiger partial charge in [-0.1, -0.05) is 0 Å². The number of benzene rings is 1. The van der Waals surface area contributed by atoms with E-state index in [4.69, 9.17) is 15.4 Å². The Balaban J connectivity index is 3.03. The third-order valence-corrected chi connectivity index (χ3v) is 3.11. The van der Waals surface area contributed by atoms with E-state index in [-0.39, 0.29) is 10.6 Å². The van der Waals surface area contributed by atoms with Crippen molar-refractivity contribution >= 4 is 27.6 Å². The molecule has 0 fully saturated rings. The first-order valence-corrected chi connectivity index (χ1v) is 6.56. The number of carboxylic acid groups (broad SMARTS) is 2. The van der Waals surface area contributed by atoms with Crippen molar-refractivity contribution in [2.75, 3.05) is 18.0 Å². The first kappa shape index (κ1) is 14.9. The molecule has 9 heteroatoms. The predicted molar refractivity (Wildman–Crippen MR) is 65.3 cm³/mol. The minimum Gasteiger partial charge on any atom is -0.480 e. The van der Waals surface area contributed by atoms with E-state index in [1.165, 1.54) is 24.3 Å². The van der Waals surface area contributed by atoms with Gasteiger partial charge in [-0.15, -0.1) is 0 Å². The smallest absolute Gasteiger partial charge is 0.323 e. The molecule has 0 aliphatic rings. The SMILES string of the molecule is NS(=O)(=O)c1ccc(N(CC(=O)O)CC(=O)O)cc1. The van der Waals surface area contributed by atoms with Gasteiger partial charge in [0.15, 0.2) is 0 Å². The first-order chi connectivity index (χ1) is 8.70. The quantitative estimate of drug-likeness (QED) is 0.629. The van der Waals surface area contributed by atoms with Crippen LogP contribution in [0.3, 0.4) is 0 Å². The van der Waals surface area contributed by atoms with Crippen LogP contribution in [0.5, 0.6) is 0 Å². The number of rotatable bonds is 6. The standard InChI is InChI=1S/C10H12N2O6S/c11-19(17,18)8-3-1-7(2-4-8)12(5-9(13)14)6-10(15)16/h1-4H,5-6H2,(H,13,14)(H,15,16)(H2,11,17,18). The summed E-state index contributed by atoms with van der Waals surface area (Å²) in [5, 5.41) is 22.3. The molecule has 0 aromatic heterocycles. The Hall–Kier alpha value is -2.13. The molecular weight excluding hydrogens is 276 g/mol. The highest BCUT2D eigenvalue weighted by molar-refractivity contribution is 7.89. The third kappa shape index (κ3) is 4.56. The number of nitrogens with two attached hydrogens (primary N) is 1. The van der Waals surface area contributed by atoms with E-state index in [0.717, 1.165) is 4.90 Å². The van der Waals surface area contributed by atoms with Crippen LogP contribution in [-0.4, -0.2) is 43.7 Å². The summed E-state index contributed by atoms with van der Waals surface area (Å²) in [6.45, 7) is -1.03. The van der Waals surface area contributed by atoms with Gasteiger partial charge in [0.1, 0.15) is 13.1 Å². The number of sulfonamides is 1. The van der Waals surface area contributed by atoms with Gasteiger partial charge in [0.05, 0.1) is 4.90 Å². The molecule has 0 saturated carbocycles. The maximum absolute atomic E-state index is 11.0. The van der Waals surface area contributed by atoms with E-state index < -0.39 is 35.1 Å². The Morgan fingerprint density at radius 1 is 1.05 bits per heavy atom. The topological polar surface area (TPSA) is 138 Å². The summed E-state index contributed by atoms with van der Waals surface area (Å²) < 4.78 is 22.1. The van der Waals surface area contributed by atoms with Crippen molar-refractivity contribution in [3.05, 3.63) is 24.3 Å². The number of primary sulfonamides is 1. The third-order valence-electron chi connectivity index (χ3n) is 2.18. The van der Waals surface area contributed by atoms with Gasteiger partial charge < -0.3 is 15.1 Å². The van der Waals surface area contributed by atoms with Gasteiger partial charge in [0.2, 0.25) is 10.0 Å². The van der Waals surface area contributed by atoms with Crippen LogP contribution in [0, 0.1) is 0 Å². The molecule has 0 aliphatic heterocycles. The number of anilines is 1. The summed E-state index contributed by atoms with van der Waals surface area (Å²) >= 11 is 0. The molecule has 0 unspecified atom stereocenters.